The van der Waals surface area contributed by atoms with Crippen molar-refractivity contribution >= 4 is 5.91 Å². The monoisotopic (exact) mass is 436 g/mol. The van der Waals surface area contributed by atoms with Gasteiger partial charge in [-0.05, 0) is 43.2 Å². The van der Waals surface area contributed by atoms with Crippen LogP contribution in [0.5, 0.6) is 0 Å². The van der Waals surface area contributed by atoms with Crippen LogP contribution in [0.1, 0.15) is 36.1 Å². The van der Waals surface area contributed by atoms with Gasteiger partial charge in [0.2, 0.25) is 5.91 Å². The summed E-state index contributed by atoms with van der Waals surface area (Å²) in [6.45, 7) is 5.74. The summed E-state index contributed by atoms with van der Waals surface area (Å²) in [6.07, 6.45) is 4.53. The summed E-state index contributed by atoms with van der Waals surface area (Å²) in [6, 6.07) is 12.0. The minimum atomic E-state index is -0.469. The molecular formula is C25H32N4O3. The van der Waals surface area contributed by atoms with Gasteiger partial charge in [0.1, 0.15) is 0 Å². The molecule has 2 fully saturated rings. The quantitative estimate of drug-likeness (QED) is 0.713. The van der Waals surface area contributed by atoms with Crippen LogP contribution in [-0.2, 0) is 34.3 Å². The molecule has 170 valence electrons. The summed E-state index contributed by atoms with van der Waals surface area (Å²) >= 11 is 0. The summed E-state index contributed by atoms with van der Waals surface area (Å²) in [5, 5.41) is 4.59. The summed E-state index contributed by atoms with van der Waals surface area (Å²) in [5.74, 6) is 0.239. The van der Waals surface area contributed by atoms with E-state index in [0.717, 1.165) is 81.6 Å². The molecule has 3 heterocycles. The molecule has 3 aliphatic rings. The molecule has 1 aromatic heterocycles. The van der Waals surface area contributed by atoms with Crippen LogP contribution < -0.4 is 5.56 Å². The van der Waals surface area contributed by atoms with Crippen molar-refractivity contribution in [2.24, 2.45) is 0 Å². The lowest BCUT2D eigenvalue weighted by molar-refractivity contribution is -0.143. The van der Waals surface area contributed by atoms with E-state index in [1.807, 2.05) is 23.1 Å². The van der Waals surface area contributed by atoms with Crippen molar-refractivity contribution in [1.82, 2.24) is 19.6 Å². The van der Waals surface area contributed by atoms with E-state index < -0.39 is 5.41 Å². The van der Waals surface area contributed by atoms with Crippen LogP contribution in [0.4, 0.5) is 0 Å². The molecule has 0 saturated carbocycles. The first kappa shape index (κ1) is 21.3. The van der Waals surface area contributed by atoms with E-state index in [1.54, 1.807) is 10.7 Å². The molecule has 0 N–H and O–H groups in total. The Kier molecular flexibility index (Phi) is 6.11. The SMILES string of the molecule is O=C(N1CCN(CCn2nc3c(cc2=O)CCC3)CC1)C1(c2ccccc2)CCOCC1. The third-order valence-corrected chi connectivity index (χ3v) is 7.39. The highest BCUT2D eigenvalue weighted by Gasteiger charge is 2.44. The molecule has 2 saturated heterocycles. The smallest absolute Gasteiger partial charge is 0.267 e. The number of fused-ring (bicyclic) bond motifs is 1. The standard InChI is InChI=1S/C25H32N4O3/c30-23-19-20-5-4-8-22(20)26-29(23)16-13-27-11-14-28(15-12-27)24(31)25(9-17-32-18-10-25)21-6-2-1-3-7-21/h1-3,6-7,19H,4-5,8-18H2. The van der Waals surface area contributed by atoms with Crippen LogP contribution in [0.25, 0.3) is 0 Å². The van der Waals surface area contributed by atoms with Crippen molar-refractivity contribution in [2.75, 3.05) is 45.9 Å². The lowest BCUT2D eigenvalue weighted by Gasteiger charge is -2.43. The third kappa shape index (κ3) is 4.11. The Morgan fingerprint density at radius 1 is 1.00 bits per heavy atom. The average molecular weight is 437 g/mol. The van der Waals surface area contributed by atoms with Crippen molar-refractivity contribution in [3.05, 3.63) is 63.6 Å². The van der Waals surface area contributed by atoms with Crippen molar-refractivity contribution in [3.8, 4) is 0 Å². The van der Waals surface area contributed by atoms with Gasteiger partial charge in [-0.2, -0.15) is 5.10 Å². The first-order valence-electron chi connectivity index (χ1n) is 11.9. The molecule has 1 amide bonds. The molecule has 0 radical (unpaired) electrons. The molecule has 0 unspecified atom stereocenters. The van der Waals surface area contributed by atoms with E-state index in [0.29, 0.717) is 19.8 Å². The number of ether oxygens (including phenoxy) is 1. The Balaban J connectivity index is 1.21. The molecule has 7 nitrogen and oxygen atoms in total. The van der Waals surface area contributed by atoms with Crippen LogP contribution in [0.2, 0.25) is 0 Å². The Bertz CT molecular complexity index is 1010. The van der Waals surface area contributed by atoms with Crippen molar-refractivity contribution in [3.63, 3.8) is 0 Å². The van der Waals surface area contributed by atoms with E-state index >= 15 is 0 Å². The molecule has 2 aliphatic heterocycles. The van der Waals surface area contributed by atoms with E-state index in [2.05, 4.69) is 22.1 Å². The number of nitrogens with zero attached hydrogens (tertiary/aromatic N) is 4. The number of aromatic nitrogens is 2. The Morgan fingerprint density at radius 2 is 1.75 bits per heavy atom. The van der Waals surface area contributed by atoms with Gasteiger partial charge in [0.05, 0.1) is 17.7 Å². The van der Waals surface area contributed by atoms with Gasteiger partial charge in [-0.3, -0.25) is 14.5 Å². The highest BCUT2D eigenvalue weighted by molar-refractivity contribution is 5.88. The van der Waals surface area contributed by atoms with Gasteiger partial charge in [-0.15, -0.1) is 0 Å². The van der Waals surface area contributed by atoms with Crippen LogP contribution in [0.3, 0.4) is 0 Å². The number of rotatable bonds is 5. The first-order valence-corrected chi connectivity index (χ1v) is 11.9. The fourth-order valence-electron chi connectivity index (χ4n) is 5.42. The normalized spacial score (nSPS) is 20.8. The topological polar surface area (TPSA) is 67.7 Å². The van der Waals surface area contributed by atoms with E-state index in [4.69, 9.17) is 4.74 Å². The largest absolute Gasteiger partial charge is 0.381 e. The Morgan fingerprint density at radius 3 is 2.50 bits per heavy atom. The second-order valence-corrected chi connectivity index (χ2v) is 9.23. The molecule has 1 aliphatic carbocycles. The summed E-state index contributed by atoms with van der Waals surface area (Å²) in [7, 11) is 0. The van der Waals surface area contributed by atoms with E-state index in [1.165, 1.54) is 0 Å². The second-order valence-electron chi connectivity index (χ2n) is 9.23. The molecular weight excluding hydrogens is 404 g/mol. The minimum Gasteiger partial charge on any atom is -0.381 e. The number of amides is 1. The average Bonchev–Trinajstić information content (AvgIpc) is 3.30. The van der Waals surface area contributed by atoms with Gasteiger partial charge in [-0.25, -0.2) is 4.68 Å². The first-order chi connectivity index (χ1) is 15.7. The van der Waals surface area contributed by atoms with Gasteiger partial charge in [0.25, 0.3) is 5.56 Å². The number of aryl methyl sites for hydroxylation is 2. The number of hydrogen-bond donors (Lipinski definition) is 0. The van der Waals surface area contributed by atoms with Gasteiger partial charge >= 0.3 is 0 Å². The second kappa shape index (κ2) is 9.16. The molecule has 32 heavy (non-hydrogen) atoms. The minimum absolute atomic E-state index is 0.00350. The molecule has 0 bridgehead atoms. The van der Waals surface area contributed by atoms with Crippen LogP contribution in [-0.4, -0.2) is 71.4 Å². The third-order valence-electron chi connectivity index (χ3n) is 7.39. The maximum absolute atomic E-state index is 13.7. The predicted molar refractivity (Wildman–Crippen MR) is 122 cm³/mol. The number of carbonyl (C=O) groups is 1. The van der Waals surface area contributed by atoms with E-state index in [-0.39, 0.29) is 11.5 Å². The molecule has 0 atom stereocenters. The maximum Gasteiger partial charge on any atom is 0.267 e. The highest BCUT2D eigenvalue weighted by atomic mass is 16.5. The lowest BCUT2D eigenvalue weighted by atomic mass is 9.73. The Labute approximate surface area is 189 Å². The van der Waals surface area contributed by atoms with Gasteiger partial charge in [-0.1, -0.05) is 30.3 Å². The fourth-order valence-corrected chi connectivity index (χ4v) is 5.42. The number of benzene rings is 1. The van der Waals surface area contributed by atoms with Crippen molar-refractivity contribution in [2.45, 2.75) is 44.1 Å². The van der Waals surface area contributed by atoms with Crippen molar-refractivity contribution in [1.29, 1.82) is 0 Å². The zero-order chi connectivity index (χ0) is 22.0. The summed E-state index contributed by atoms with van der Waals surface area (Å²) in [5.41, 5.74) is 2.85. The number of hydrogen-bond acceptors (Lipinski definition) is 5. The number of carbonyl (C=O) groups excluding carboxylic acids is 1. The predicted octanol–water partition coefficient (Wildman–Crippen LogP) is 1.62. The molecule has 5 rings (SSSR count). The maximum atomic E-state index is 13.7. The zero-order valence-electron chi connectivity index (χ0n) is 18.7. The van der Waals surface area contributed by atoms with Gasteiger partial charge in [0.15, 0.2) is 0 Å². The van der Waals surface area contributed by atoms with Gasteiger partial charge in [0, 0.05) is 52.0 Å². The lowest BCUT2D eigenvalue weighted by Crippen LogP contribution is -2.56. The van der Waals surface area contributed by atoms with Gasteiger partial charge < -0.3 is 9.64 Å². The zero-order valence-corrected chi connectivity index (χ0v) is 18.7. The van der Waals surface area contributed by atoms with Crippen molar-refractivity contribution < 1.29 is 9.53 Å². The Hall–Kier alpha value is -2.51. The van der Waals surface area contributed by atoms with Crippen LogP contribution in [0, 0.1) is 0 Å². The number of piperazine rings is 1. The summed E-state index contributed by atoms with van der Waals surface area (Å²) in [4.78, 5) is 30.4. The molecule has 2 aromatic rings. The van der Waals surface area contributed by atoms with E-state index in [9.17, 15) is 9.59 Å². The van der Waals surface area contributed by atoms with Crippen LogP contribution in [0.15, 0.2) is 41.2 Å². The van der Waals surface area contributed by atoms with Crippen LogP contribution >= 0.6 is 0 Å². The fraction of sp³-hybridized carbons (Fsp3) is 0.560. The summed E-state index contributed by atoms with van der Waals surface area (Å²) < 4.78 is 7.22. The molecule has 1 aromatic carbocycles. The molecule has 7 heteroatoms. The highest BCUT2D eigenvalue weighted by Crippen LogP contribution is 2.37. The molecule has 0 spiro atoms.